The molecule has 0 atom stereocenters. The first kappa shape index (κ1) is 18.8. The number of nitrogens with zero attached hydrogens (tertiary/aromatic N) is 4. The van der Waals surface area contributed by atoms with Crippen molar-refractivity contribution >= 4 is 11.0 Å². The molecular weight excluding hydrogens is 381 g/mol. The summed E-state index contributed by atoms with van der Waals surface area (Å²) < 4.78 is 19.4. The van der Waals surface area contributed by atoms with Gasteiger partial charge in [-0.3, -0.25) is 9.13 Å². The molecule has 5 rings (SSSR count). The molecule has 0 bridgehead atoms. The van der Waals surface area contributed by atoms with Gasteiger partial charge >= 0.3 is 5.69 Å². The summed E-state index contributed by atoms with van der Waals surface area (Å²) in [5.74, 6) is -0.226. The first-order valence-corrected chi connectivity index (χ1v) is 10.0. The van der Waals surface area contributed by atoms with Crippen LogP contribution in [-0.4, -0.2) is 31.8 Å². The van der Waals surface area contributed by atoms with Gasteiger partial charge in [-0.2, -0.15) is 0 Å². The number of halogens is 1. The summed E-state index contributed by atoms with van der Waals surface area (Å²) >= 11 is 0. The minimum absolute atomic E-state index is 0.0554. The van der Waals surface area contributed by atoms with Gasteiger partial charge in [-0.05, 0) is 49.7 Å². The summed E-state index contributed by atoms with van der Waals surface area (Å²) in [6.07, 6.45) is 1.87. The average Bonchev–Trinajstić information content (AvgIpc) is 3.25. The van der Waals surface area contributed by atoms with Crippen LogP contribution in [0.15, 0.2) is 47.5 Å². The third-order valence-electron chi connectivity index (χ3n) is 6.34. The number of aromatic nitrogens is 4. The topological polar surface area (TPSA) is 56.8 Å². The van der Waals surface area contributed by atoms with Gasteiger partial charge in [-0.1, -0.05) is 6.07 Å². The number of fused-ring (bicyclic) bond motifs is 1. The molecule has 0 aliphatic carbocycles. The van der Waals surface area contributed by atoms with Crippen molar-refractivity contribution in [1.82, 2.24) is 24.0 Å². The Morgan fingerprint density at radius 2 is 1.73 bits per heavy atom. The van der Waals surface area contributed by atoms with Crippen LogP contribution in [0.5, 0.6) is 0 Å². The molecule has 0 amide bonds. The Kier molecular flexibility index (Phi) is 4.02. The maximum absolute atomic E-state index is 13.9. The number of imidazole rings is 2. The molecule has 0 saturated carbocycles. The molecule has 1 N–H and O–H groups in total. The number of aryl methyl sites for hydroxylation is 3. The summed E-state index contributed by atoms with van der Waals surface area (Å²) in [6.45, 7) is 5.66. The van der Waals surface area contributed by atoms with E-state index in [1.54, 1.807) is 36.2 Å². The molecule has 6 nitrogen and oxygen atoms in total. The van der Waals surface area contributed by atoms with Crippen LogP contribution in [0.3, 0.4) is 0 Å². The molecule has 2 aromatic heterocycles. The third kappa shape index (κ3) is 2.58. The molecule has 30 heavy (non-hydrogen) atoms. The monoisotopic (exact) mass is 405 g/mol. The first-order valence-electron chi connectivity index (χ1n) is 10.0. The summed E-state index contributed by atoms with van der Waals surface area (Å²) in [7, 11) is 3.57. The second-order valence-electron chi connectivity index (χ2n) is 8.48. The number of rotatable bonds is 3. The van der Waals surface area contributed by atoms with Crippen LogP contribution >= 0.6 is 0 Å². The smallest absolute Gasteiger partial charge is 0.322 e. The van der Waals surface area contributed by atoms with Crippen LogP contribution < -0.4 is 11.0 Å². The Morgan fingerprint density at radius 1 is 1.03 bits per heavy atom. The van der Waals surface area contributed by atoms with E-state index >= 15 is 0 Å². The van der Waals surface area contributed by atoms with Crippen molar-refractivity contribution in [2.24, 2.45) is 14.1 Å². The lowest BCUT2D eigenvalue weighted by atomic mass is 9.93. The molecule has 1 aliphatic rings. The van der Waals surface area contributed by atoms with Gasteiger partial charge in [0.15, 0.2) is 0 Å². The average molecular weight is 405 g/mol. The van der Waals surface area contributed by atoms with E-state index in [9.17, 15) is 9.18 Å². The fourth-order valence-electron chi connectivity index (χ4n) is 4.35. The van der Waals surface area contributed by atoms with Crippen molar-refractivity contribution in [2.75, 3.05) is 13.1 Å². The van der Waals surface area contributed by atoms with Crippen LogP contribution in [0.1, 0.15) is 12.5 Å². The molecule has 0 spiro atoms. The Bertz CT molecular complexity index is 1360. The van der Waals surface area contributed by atoms with E-state index in [-0.39, 0.29) is 17.0 Å². The summed E-state index contributed by atoms with van der Waals surface area (Å²) in [5.41, 5.74) is 5.83. The quantitative estimate of drug-likeness (QED) is 0.570. The van der Waals surface area contributed by atoms with E-state index in [0.717, 1.165) is 46.6 Å². The van der Waals surface area contributed by atoms with Crippen LogP contribution in [0.25, 0.3) is 33.5 Å². The fourth-order valence-corrected chi connectivity index (χ4v) is 4.35. The van der Waals surface area contributed by atoms with Gasteiger partial charge < -0.3 is 9.88 Å². The van der Waals surface area contributed by atoms with Crippen LogP contribution in [0.2, 0.25) is 0 Å². The van der Waals surface area contributed by atoms with Gasteiger partial charge in [0.25, 0.3) is 0 Å². The van der Waals surface area contributed by atoms with Gasteiger partial charge in [0.05, 0.1) is 34.3 Å². The number of hydrogen-bond acceptors (Lipinski definition) is 3. The standard InChI is InChI=1S/C23H24FN5O/c1-14-9-15(5-7-17(14)24)20-21(29(13-26-20)23(2)11-25-12-23)16-6-8-18-19(10-16)28(4)22(30)27(18)3/h5-10,13,25H,11-12H2,1-4H3. The number of hydrogen-bond donors (Lipinski definition) is 1. The first-order chi connectivity index (χ1) is 14.3. The largest absolute Gasteiger partial charge is 0.328 e. The van der Waals surface area contributed by atoms with Crippen LogP contribution in [-0.2, 0) is 19.6 Å². The van der Waals surface area contributed by atoms with Gasteiger partial charge in [0, 0.05) is 38.3 Å². The van der Waals surface area contributed by atoms with Gasteiger partial charge in [-0.25, -0.2) is 14.2 Å². The zero-order valence-corrected chi connectivity index (χ0v) is 17.5. The normalized spacial score (nSPS) is 15.5. The van der Waals surface area contributed by atoms with Gasteiger partial charge in [0.2, 0.25) is 0 Å². The highest BCUT2D eigenvalue weighted by Crippen LogP contribution is 2.37. The zero-order valence-electron chi connectivity index (χ0n) is 17.5. The number of benzene rings is 2. The minimum Gasteiger partial charge on any atom is -0.322 e. The van der Waals surface area contributed by atoms with Gasteiger partial charge in [0.1, 0.15) is 5.82 Å². The predicted molar refractivity (Wildman–Crippen MR) is 116 cm³/mol. The molecule has 4 aromatic rings. The lowest BCUT2D eigenvalue weighted by Crippen LogP contribution is -2.58. The Hall–Kier alpha value is -3.19. The van der Waals surface area contributed by atoms with E-state index in [2.05, 4.69) is 16.8 Å². The van der Waals surface area contributed by atoms with Gasteiger partial charge in [-0.15, -0.1) is 0 Å². The highest BCUT2D eigenvalue weighted by atomic mass is 19.1. The molecule has 154 valence electrons. The van der Waals surface area contributed by atoms with Crippen molar-refractivity contribution in [3.05, 3.63) is 64.6 Å². The second-order valence-corrected chi connectivity index (χ2v) is 8.48. The molecule has 7 heteroatoms. The Morgan fingerprint density at radius 3 is 2.40 bits per heavy atom. The molecule has 3 heterocycles. The maximum Gasteiger partial charge on any atom is 0.328 e. The number of nitrogens with one attached hydrogen (secondary N) is 1. The molecular formula is C23H24FN5O. The van der Waals surface area contributed by atoms with E-state index in [4.69, 9.17) is 4.98 Å². The van der Waals surface area contributed by atoms with Crippen molar-refractivity contribution in [2.45, 2.75) is 19.4 Å². The minimum atomic E-state index is -0.226. The SMILES string of the molecule is Cc1cc(-c2ncn(C3(C)CNC3)c2-c2ccc3c(c2)n(C)c(=O)n3C)ccc1F. The maximum atomic E-state index is 13.9. The molecule has 1 saturated heterocycles. The third-order valence-corrected chi connectivity index (χ3v) is 6.34. The van der Waals surface area contributed by atoms with E-state index in [0.29, 0.717) is 5.56 Å². The predicted octanol–water partition coefficient (Wildman–Crippen LogP) is 3.17. The van der Waals surface area contributed by atoms with Crippen molar-refractivity contribution in [3.8, 4) is 22.5 Å². The van der Waals surface area contributed by atoms with E-state index < -0.39 is 0 Å². The fraction of sp³-hybridized carbons (Fsp3) is 0.304. The van der Waals surface area contributed by atoms with E-state index in [1.807, 2.05) is 30.6 Å². The molecule has 1 aliphatic heterocycles. The van der Waals surface area contributed by atoms with Crippen molar-refractivity contribution < 1.29 is 4.39 Å². The summed E-state index contributed by atoms with van der Waals surface area (Å²) in [4.78, 5) is 17.1. The Balaban J connectivity index is 1.78. The molecule has 0 unspecified atom stereocenters. The highest BCUT2D eigenvalue weighted by Gasteiger charge is 2.36. The van der Waals surface area contributed by atoms with Crippen molar-refractivity contribution in [3.63, 3.8) is 0 Å². The second kappa shape index (κ2) is 6.40. The summed E-state index contributed by atoms with van der Waals surface area (Å²) in [5, 5.41) is 3.35. The van der Waals surface area contributed by atoms with Crippen LogP contribution in [0.4, 0.5) is 4.39 Å². The molecule has 0 radical (unpaired) electrons. The Labute approximate surface area is 173 Å². The van der Waals surface area contributed by atoms with Crippen LogP contribution in [0, 0.1) is 12.7 Å². The summed E-state index contributed by atoms with van der Waals surface area (Å²) in [6, 6.07) is 11.2. The highest BCUT2D eigenvalue weighted by molar-refractivity contribution is 5.86. The zero-order chi connectivity index (χ0) is 21.2. The van der Waals surface area contributed by atoms with Crippen molar-refractivity contribution in [1.29, 1.82) is 0 Å². The molecule has 2 aromatic carbocycles. The molecule has 1 fully saturated rings. The lowest BCUT2D eigenvalue weighted by Gasteiger charge is -2.41. The van der Waals surface area contributed by atoms with E-state index in [1.165, 1.54) is 6.07 Å². The lowest BCUT2D eigenvalue weighted by molar-refractivity contribution is 0.203.